The number of methoxy groups -OCH3 is 1. The molecule has 0 aliphatic rings. The molecule has 0 atom stereocenters. The van der Waals surface area contributed by atoms with Crippen LogP contribution < -0.4 is 0 Å². The third-order valence-corrected chi connectivity index (χ3v) is 3.53. The molecule has 122 valence electrons. The second-order valence-corrected chi connectivity index (χ2v) is 5.49. The van der Waals surface area contributed by atoms with E-state index in [9.17, 15) is 9.59 Å². The Morgan fingerprint density at radius 3 is 2.48 bits per heavy atom. The number of nitrogens with zero attached hydrogens (tertiary/aromatic N) is 3. The van der Waals surface area contributed by atoms with Gasteiger partial charge in [0.2, 0.25) is 5.91 Å². The highest BCUT2D eigenvalue weighted by Gasteiger charge is 2.20. The molecule has 0 unspecified atom stereocenters. The smallest absolute Gasteiger partial charge is 0.325 e. The number of amides is 1. The van der Waals surface area contributed by atoms with E-state index in [2.05, 4.69) is 9.84 Å². The molecule has 1 heterocycles. The zero-order chi connectivity index (χ0) is 16.8. The maximum Gasteiger partial charge on any atom is 0.325 e. The standard InChI is InChI=1S/C17H21N3O3/c1-13(2)19(12-17(22)23-3)16(21)11-14-5-7-15(8-6-14)20-10-4-9-18-20/h4-10,13H,11-12H2,1-3H3. The highest BCUT2D eigenvalue weighted by molar-refractivity contribution is 5.83. The molecule has 6 heteroatoms. The van der Waals surface area contributed by atoms with Gasteiger partial charge < -0.3 is 9.64 Å². The van der Waals surface area contributed by atoms with Crippen LogP contribution in [0.1, 0.15) is 19.4 Å². The molecule has 0 spiro atoms. The van der Waals surface area contributed by atoms with Gasteiger partial charge in [-0.15, -0.1) is 0 Å². The van der Waals surface area contributed by atoms with Crippen LogP contribution >= 0.6 is 0 Å². The number of hydrogen-bond donors (Lipinski definition) is 0. The largest absolute Gasteiger partial charge is 0.468 e. The summed E-state index contributed by atoms with van der Waals surface area (Å²) in [5, 5.41) is 4.16. The van der Waals surface area contributed by atoms with Crippen molar-refractivity contribution >= 4 is 11.9 Å². The maximum absolute atomic E-state index is 12.4. The van der Waals surface area contributed by atoms with Crippen LogP contribution in [0.25, 0.3) is 5.69 Å². The third-order valence-electron chi connectivity index (χ3n) is 3.53. The van der Waals surface area contributed by atoms with Gasteiger partial charge in [0, 0.05) is 18.4 Å². The minimum Gasteiger partial charge on any atom is -0.468 e. The van der Waals surface area contributed by atoms with Crippen LogP contribution in [0.2, 0.25) is 0 Å². The molecule has 1 aromatic heterocycles. The van der Waals surface area contributed by atoms with Crippen LogP contribution in [0.4, 0.5) is 0 Å². The van der Waals surface area contributed by atoms with Crippen molar-refractivity contribution < 1.29 is 14.3 Å². The quantitative estimate of drug-likeness (QED) is 0.763. The molecule has 0 bridgehead atoms. The average molecular weight is 315 g/mol. The van der Waals surface area contributed by atoms with E-state index in [-0.39, 0.29) is 24.9 Å². The summed E-state index contributed by atoms with van der Waals surface area (Å²) < 4.78 is 6.40. The first-order valence-electron chi connectivity index (χ1n) is 7.46. The summed E-state index contributed by atoms with van der Waals surface area (Å²) in [5.41, 5.74) is 1.82. The van der Waals surface area contributed by atoms with Gasteiger partial charge in [0.25, 0.3) is 0 Å². The van der Waals surface area contributed by atoms with Crippen molar-refractivity contribution in [3.63, 3.8) is 0 Å². The van der Waals surface area contributed by atoms with E-state index < -0.39 is 5.97 Å². The molecular formula is C17H21N3O3. The predicted molar refractivity (Wildman–Crippen MR) is 86.1 cm³/mol. The Bertz CT molecular complexity index is 648. The molecule has 2 rings (SSSR count). The van der Waals surface area contributed by atoms with Gasteiger partial charge in [-0.2, -0.15) is 5.10 Å². The first kappa shape index (κ1) is 16.7. The fraction of sp³-hybridized carbons (Fsp3) is 0.353. The molecule has 0 N–H and O–H groups in total. The minimum absolute atomic E-state index is 0.0294. The van der Waals surface area contributed by atoms with Gasteiger partial charge in [0.15, 0.2) is 0 Å². The Balaban J connectivity index is 2.04. The van der Waals surface area contributed by atoms with Crippen LogP contribution in [0.3, 0.4) is 0 Å². The zero-order valence-electron chi connectivity index (χ0n) is 13.6. The zero-order valence-corrected chi connectivity index (χ0v) is 13.6. The summed E-state index contributed by atoms with van der Waals surface area (Å²) in [7, 11) is 1.32. The number of carbonyl (C=O) groups excluding carboxylic acids is 2. The molecule has 6 nitrogen and oxygen atoms in total. The number of aromatic nitrogens is 2. The SMILES string of the molecule is COC(=O)CN(C(=O)Cc1ccc(-n2cccn2)cc1)C(C)C. The number of esters is 1. The van der Waals surface area contributed by atoms with E-state index in [0.29, 0.717) is 0 Å². The molecule has 0 aliphatic carbocycles. The maximum atomic E-state index is 12.4. The Kier molecular flexibility index (Phi) is 5.51. The lowest BCUT2D eigenvalue weighted by Gasteiger charge is -2.25. The molecule has 0 aliphatic heterocycles. The van der Waals surface area contributed by atoms with E-state index in [1.807, 2.05) is 50.4 Å². The van der Waals surface area contributed by atoms with E-state index in [0.717, 1.165) is 11.3 Å². The van der Waals surface area contributed by atoms with Crippen LogP contribution in [-0.2, 0) is 20.7 Å². The summed E-state index contributed by atoms with van der Waals surface area (Å²) in [4.78, 5) is 25.4. The van der Waals surface area contributed by atoms with Gasteiger partial charge in [-0.25, -0.2) is 4.68 Å². The molecule has 0 fully saturated rings. The molecule has 23 heavy (non-hydrogen) atoms. The fourth-order valence-electron chi connectivity index (χ4n) is 2.23. The van der Waals surface area contributed by atoms with Gasteiger partial charge in [0.1, 0.15) is 6.54 Å². The Hall–Kier alpha value is -2.63. The molecule has 0 radical (unpaired) electrons. The normalized spacial score (nSPS) is 10.6. The molecule has 2 aromatic rings. The van der Waals surface area contributed by atoms with Gasteiger partial charge in [0.05, 0.1) is 19.2 Å². The van der Waals surface area contributed by atoms with E-state index in [4.69, 9.17) is 0 Å². The summed E-state index contributed by atoms with van der Waals surface area (Å²) in [5.74, 6) is -0.515. The minimum atomic E-state index is -0.416. The van der Waals surface area contributed by atoms with E-state index in [1.165, 1.54) is 12.0 Å². The van der Waals surface area contributed by atoms with Crippen LogP contribution in [0, 0.1) is 0 Å². The molecular weight excluding hydrogens is 294 g/mol. The van der Waals surface area contributed by atoms with Crippen molar-refractivity contribution in [1.82, 2.24) is 14.7 Å². The number of rotatable bonds is 6. The van der Waals surface area contributed by atoms with Crippen molar-refractivity contribution in [2.24, 2.45) is 0 Å². The van der Waals surface area contributed by atoms with Gasteiger partial charge in [-0.3, -0.25) is 9.59 Å². The first-order chi connectivity index (χ1) is 11.0. The topological polar surface area (TPSA) is 64.4 Å². The molecule has 1 aromatic carbocycles. The second-order valence-electron chi connectivity index (χ2n) is 5.49. The van der Waals surface area contributed by atoms with E-state index >= 15 is 0 Å². The van der Waals surface area contributed by atoms with Crippen LogP contribution in [0.5, 0.6) is 0 Å². The highest BCUT2D eigenvalue weighted by Crippen LogP contribution is 2.11. The molecule has 0 saturated heterocycles. The number of ether oxygens (including phenoxy) is 1. The first-order valence-corrected chi connectivity index (χ1v) is 7.46. The van der Waals surface area contributed by atoms with Crippen molar-refractivity contribution in [3.8, 4) is 5.69 Å². The summed E-state index contributed by atoms with van der Waals surface area (Å²) in [6.45, 7) is 3.72. The number of hydrogen-bond acceptors (Lipinski definition) is 4. The van der Waals surface area contributed by atoms with Crippen LogP contribution in [-0.4, -0.2) is 46.3 Å². The second kappa shape index (κ2) is 7.58. The summed E-state index contributed by atoms with van der Waals surface area (Å²) in [6, 6.07) is 9.40. The average Bonchev–Trinajstić information content (AvgIpc) is 3.07. The Morgan fingerprint density at radius 2 is 1.96 bits per heavy atom. The lowest BCUT2D eigenvalue weighted by atomic mass is 10.1. The van der Waals surface area contributed by atoms with E-state index in [1.54, 1.807) is 10.9 Å². The lowest BCUT2D eigenvalue weighted by molar-refractivity contribution is -0.148. The number of carbonyl (C=O) groups is 2. The third kappa shape index (κ3) is 4.42. The number of benzene rings is 1. The van der Waals surface area contributed by atoms with Crippen molar-refractivity contribution in [3.05, 3.63) is 48.3 Å². The van der Waals surface area contributed by atoms with Crippen molar-refractivity contribution in [2.75, 3.05) is 13.7 Å². The predicted octanol–water partition coefficient (Wildman–Crippen LogP) is 1.82. The monoisotopic (exact) mass is 315 g/mol. The van der Waals surface area contributed by atoms with Gasteiger partial charge in [-0.1, -0.05) is 12.1 Å². The van der Waals surface area contributed by atoms with Crippen LogP contribution in [0.15, 0.2) is 42.7 Å². The fourth-order valence-corrected chi connectivity index (χ4v) is 2.23. The Labute approximate surface area is 135 Å². The summed E-state index contributed by atoms with van der Waals surface area (Å²) in [6.07, 6.45) is 3.82. The molecule has 0 saturated carbocycles. The van der Waals surface area contributed by atoms with Gasteiger partial charge in [-0.05, 0) is 37.6 Å². The molecule has 1 amide bonds. The lowest BCUT2D eigenvalue weighted by Crippen LogP contribution is -2.41. The van der Waals surface area contributed by atoms with Crippen molar-refractivity contribution in [2.45, 2.75) is 26.3 Å². The van der Waals surface area contributed by atoms with Gasteiger partial charge >= 0.3 is 5.97 Å². The summed E-state index contributed by atoms with van der Waals surface area (Å²) >= 11 is 0. The van der Waals surface area contributed by atoms with Crippen molar-refractivity contribution in [1.29, 1.82) is 0 Å². The Morgan fingerprint density at radius 1 is 1.26 bits per heavy atom. The highest BCUT2D eigenvalue weighted by atomic mass is 16.5.